The van der Waals surface area contributed by atoms with Crippen LogP contribution in [0.2, 0.25) is 0 Å². The third kappa shape index (κ3) is 9.07. The Bertz CT molecular complexity index is 174. The van der Waals surface area contributed by atoms with Crippen LogP contribution in [-0.4, -0.2) is 24.2 Å². The quantitative estimate of drug-likeness (QED) is 0.504. The highest BCUT2D eigenvalue weighted by Gasteiger charge is 1.99. The summed E-state index contributed by atoms with van der Waals surface area (Å²) in [6.45, 7) is 2.95. The molecule has 0 saturated carbocycles. The molecule has 5 heteroatoms. The standard InChI is InChI=1S/C8H16N2O2S/c1-2-3-6-12-8(11)10-5-4-7(9)13/h2-6H2,1H3,(H2,9,13)(H,10,11). The van der Waals surface area contributed by atoms with Crippen LogP contribution in [0.5, 0.6) is 0 Å². The predicted octanol–water partition coefficient (Wildman–Crippen LogP) is 1.19. The van der Waals surface area contributed by atoms with E-state index < -0.39 is 6.09 Å². The topological polar surface area (TPSA) is 64.3 Å². The van der Waals surface area contributed by atoms with Crippen molar-refractivity contribution in [3.05, 3.63) is 0 Å². The lowest BCUT2D eigenvalue weighted by Gasteiger charge is -2.05. The first kappa shape index (κ1) is 12.2. The molecule has 0 aromatic rings. The van der Waals surface area contributed by atoms with Crippen molar-refractivity contribution >= 4 is 23.3 Å². The highest BCUT2D eigenvalue weighted by atomic mass is 32.1. The van der Waals surface area contributed by atoms with Crippen molar-refractivity contribution in [1.82, 2.24) is 5.32 Å². The largest absolute Gasteiger partial charge is 0.450 e. The monoisotopic (exact) mass is 204 g/mol. The average molecular weight is 204 g/mol. The fourth-order valence-electron chi connectivity index (χ4n) is 0.648. The molecule has 0 aromatic carbocycles. The number of rotatable bonds is 6. The smallest absolute Gasteiger partial charge is 0.407 e. The molecule has 0 aromatic heterocycles. The van der Waals surface area contributed by atoms with Crippen LogP contribution in [0, 0.1) is 0 Å². The van der Waals surface area contributed by atoms with Gasteiger partial charge in [-0.3, -0.25) is 0 Å². The third-order valence-corrected chi connectivity index (χ3v) is 1.58. The maximum atomic E-state index is 10.9. The van der Waals surface area contributed by atoms with Gasteiger partial charge >= 0.3 is 6.09 Å². The zero-order valence-corrected chi connectivity index (χ0v) is 8.65. The van der Waals surface area contributed by atoms with Crippen LogP contribution in [0.4, 0.5) is 4.79 Å². The van der Waals surface area contributed by atoms with Gasteiger partial charge in [-0.2, -0.15) is 0 Å². The minimum absolute atomic E-state index is 0.397. The second-order valence-electron chi connectivity index (χ2n) is 2.63. The van der Waals surface area contributed by atoms with Crippen molar-refractivity contribution in [2.45, 2.75) is 26.2 Å². The van der Waals surface area contributed by atoms with E-state index in [1.165, 1.54) is 0 Å². The van der Waals surface area contributed by atoms with Crippen LogP contribution in [0.3, 0.4) is 0 Å². The van der Waals surface area contributed by atoms with Gasteiger partial charge in [0.2, 0.25) is 0 Å². The Morgan fingerprint density at radius 2 is 2.31 bits per heavy atom. The van der Waals surface area contributed by atoms with Crippen LogP contribution in [-0.2, 0) is 4.74 Å². The highest BCUT2D eigenvalue weighted by molar-refractivity contribution is 7.80. The molecule has 4 nitrogen and oxygen atoms in total. The first-order chi connectivity index (χ1) is 6.16. The molecule has 0 bridgehead atoms. The number of carbonyl (C=O) groups is 1. The number of nitrogens with one attached hydrogen (secondary N) is 1. The summed E-state index contributed by atoms with van der Waals surface area (Å²) in [5, 5.41) is 2.54. The number of amides is 1. The molecule has 0 aliphatic heterocycles. The maximum Gasteiger partial charge on any atom is 0.407 e. The Balaban J connectivity index is 3.25. The molecule has 0 heterocycles. The summed E-state index contributed by atoms with van der Waals surface area (Å²) in [4.78, 5) is 11.3. The van der Waals surface area contributed by atoms with Crippen LogP contribution < -0.4 is 11.1 Å². The van der Waals surface area contributed by atoms with Crippen molar-refractivity contribution in [2.75, 3.05) is 13.2 Å². The lowest BCUT2D eigenvalue weighted by molar-refractivity contribution is 0.145. The van der Waals surface area contributed by atoms with Crippen molar-refractivity contribution in [1.29, 1.82) is 0 Å². The third-order valence-electron chi connectivity index (χ3n) is 1.37. The van der Waals surface area contributed by atoms with E-state index in [4.69, 9.17) is 10.5 Å². The second kappa shape index (κ2) is 7.79. The van der Waals surface area contributed by atoms with Crippen molar-refractivity contribution in [2.24, 2.45) is 5.73 Å². The molecule has 0 aliphatic carbocycles. The van der Waals surface area contributed by atoms with Crippen LogP contribution >= 0.6 is 12.2 Å². The molecular weight excluding hydrogens is 188 g/mol. The summed E-state index contributed by atoms with van der Waals surface area (Å²) in [6, 6.07) is 0. The SMILES string of the molecule is CCCCOC(=O)NCCC(N)=S. The first-order valence-corrected chi connectivity index (χ1v) is 4.76. The Morgan fingerprint density at radius 3 is 2.85 bits per heavy atom. The number of hydrogen-bond acceptors (Lipinski definition) is 3. The molecular formula is C8H16N2O2S. The van der Waals surface area contributed by atoms with Crippen LogP contribution in [0.15, 0.2) is 0 Å². The van der Waals surface area contributed by atoms with Crippen molar-refractivity contribution in [3.63, 3.8) is 0 Å². The molecule has 0 rings (SSSR count). The zero-order valence-electron chi connectivity index (χ0n) is 7.84. The molecule has 0 unspecified atom stereocenters. The number of hydrogen-bond donors (Lipinski definition) is 2. The van der Waals surface area contributed by atoms with E-state index in [1.807, 2.05) is 6.92 Å². The number of unbranched alkanes of at least 4 members (excludes halogenated alkanes) is 1. The number of nitrogens with two attached hydrogens (primary N) is 1. The van der Waals surface area contributed by atoms with Gasteiger partial charge in [0.05, 0.1) is 11.6 Å². The summed E-state index contributed by atoms with van der Waals surface area (Å²) < 4.78 is 4.83. The van der Waals surface area contributed by atoms with Gasteiger partial charge in [0.15, 0.2) is 0 Å². The summed E-state index contributed by atoms with van der Waals surface area (Å²) in [5.41, 5.74) is 5.24. The molecule has 0 atom stereocenters. The Hall–Kier alpha value is -0.840. The number of ether oxygens (including phenoxy) is 1. The minimum atomic E-state index is -0.398. The van der Waals surface area contributed by atoms with Gasteiger partial charge in [-0.05, 0) is 6.42 Å². The molecule has 0 fully saturated rings. The first-order valence-electron chi connectivity index (χ1n) is 4.35. The van der Waals surface area contributed by atoms with Gasteiger partial charge < -0.3 is 15.8 Å². The van der Waals surface area contributed by atoms with Crippen molar-refractivity contribution < 1.29 is 9.53 Å². The summed E-state index contributed by atoms with van der Waals surface area (Å²) in [6.07, 6.45) is 2.02. The van der Waals surface area contributed by atoms with E-state index in [0.29, 0.717) is 24.6 Å². The summed E-state index contributed by atoms with van der Waals surface area (Å²) in [5.74, 6) is 0. The van der Waals surface area contributed by atoms with E-state index >= 15 is 0 Å². The molecule has 1 amide bonds. The Morgan fingerprint density at radius 1 is 1.62 bits per heavy atom. The van der Waals surface area contributed by atoms with E-state index in [1.54, 1.807) is 0 Å². The molecule has 76 valence electrons. The fraction of sp³-hybridized carbons (Fsp3) is 0.750. The average Bonchev–Trinajstić information content (AvgIpc) is 2.04. The second-order valence-corrected chi connectivity index (χ2v) is 3.16. The van der Waals surface area contributed by atoms with Crippen LogP contribution in [0.1, 0.15) is 26.2 Å². The van der Waals surface area contributed by atoms with E-state index in [0.717, 1.165) is 12.8 Å². The van der Waals surface area contributed by atoms with E-state index in [2.05, 4.69) is 17.5 Å². The summed E-state index contributed by atoms with van der Waals surface area (Å²) in [7, 11) is 0. The Kier molecular flexibility index (Phi) is 7.29. The fourth-order valence-corrected chi connectivity index (χ4v) is 0.750. The van der Waals surface area contributed by atoms with Gasteiger partial charge in [-0.25, -0.2) is 4.79 Å². The molecule has 3 N–H and O–H groups in total. The zero-order chi connectivity index (χ0) is 10.1. The van der Waals surface area contributed by atoms with Gasteiger partial charge in [0.1, 0.15) is 0 Å². The molecule has 13 heavy (non-hydrogen) atoms. The summed E-state index contributed by atoms with van der Waals surface area (Å²) >= 11 is 4.64. The van der Waals surface area contributed by atoms with E-state index in [-0.39, 0.29) is 0 Å². The van der Waals surface area contributed by atoms with Gasteiger partial charge in [-0.15, -0.1) is 0 Å². The van der Waals surface area contributed by atoms with Gasteiger partial charge in [0.25, 0.3) is 0 Å². The van der Waals surface area contributed by atoms with Gasteiger partial charge in [0, 0.05) is 13.0 Å². The van der Waals surface area contributed by atoms with E-state index in [9.17, 15) is 4.79 Å². The Labute approximate surface area is 83.8 Å². The molecule has 0 aliphatic rings. The normalized spacial score (nSPS) is 9.31. The predicted molar refractivity (Wildman–Crippen MR) is 55.7 cm³/mol. The molecule has 0 radical (unpaired) electrons. The van der Waals surface area contributed by atoms with Crippen molar-refractivity contribution in [3.8, 4) is 0 Å². The number of carbonyl (C=O) groups excluding carboxylic acids is 1. The number of thiocarbonyl (C=S) groups is 1. The lowest BCUT2D eigenvalue weighted by Crippen LogP contribution is -2.28. The van der Waals surface area contributed by atoms with Gasteiger partial charge in [-0.1, -0.05) is 25.6 Å². The molecule has 0 saturated heterocycles. The molecule has 0 spiro atoms. The highest BCUT2D eigenvalue weighted by Crippen LogP contribution is 1.88. The maximum absolute atomic E-state index is 10.9. The number of alkyl carbamates (subject to hydrolysis) is 1. The van der Waals surface area contributed by atoms with Crippen LogP contribution in [0.25, 0.3) is 0 Å². The lowest BCUT2D eigenvalue weighted by atomic mass is 10.4. The minimum Gasteiger partial charge on any atom is -0.450 e.